The fraction of sp³-hybridized carbons (Fsp3) is 0.774. The normalized spacial score (nSPS) is 40.0. The van der Waals surface area contributed by atoms with Gasteiger partial charge in [0.25, 0.3) is 0 Å². The largest absolute Gasteiger partial charge is 0.377 e. The highest BCUT2D eigenvalue weighted by molar-refractivity contribution is 5.82. The average Bonchev–Trinajstić information content (AvgIpc) is 3.19. The third-order valence-electron chi connectivity index (χ3n) is 10.7. The van der Waals surface area contributed by atoms with Crippen LogP contribution in [-0.4, -0.2) is 12.4 Å². The zero-order valence-corrected chi connectivity index (χ0v) is 21.1. The van der Waals surface area contributed by atoms with E-state index in [0.29, 0.717) is 18.3 Å². The first kappa shape index (κ1) is 23.6. The Hall–Kier alpha value is -1.15. The molecule has 0 heterocycles. The highest BCUT2D eigenvalue weighted by Gasteiger charge is 2.58. The summed E-state index contributed by atoms with van der Waals surface area (Å²) in [5.41, 5.74) is 1.52. The van der Waals surface area contributed by atoms with Crippen LogP contribution in [0.2, 0.25) is 0 Å². The summed E-state index contributed by atoms with van der Waals surface area (Å²) in [6, 6.07) is 10.4. The van der Waals surface area contributed by atoms with Crippen molar-refractivity contribution in [1.82, 2.24) is 0 Å². The Labute approximate surface area is 202 Å². The lowest BCUT2D eigenvalue weighted by Gasteiger charge is -2.56. The lowest BCUT2D eigenvalue weighted by Crippen LogP contribution is -2.49. The van der Waals surface area contributed by atoms with Gasteiger partial charge in [-0.2, -0.15) is 0 Å². The SMILES string of the molecule is CC1CCC2C(CCC3C2CCC2(C)C(C(=O)CCCCOCc4ccccc4)CCC32)C1. The van der Waals surface area contributed by atoms with Gasteiger partial charge in [-0.15, -0.1) is 0 Å². The van der Waals surface area contributed by atoms with Gasteiger partial charge < -0.3 is 4.74 Å². The Kier molecular flexibility index (Phi) is 7.31. The Morgan fingerprint density at radius 3 is 2.61 bits per heavy atom. The highest BCUT2D eigenvalue weighted by Crippen LogP contribution is 2.64. The summed E-state index contributed by atoms with van der Waals surface area (Å²) in [6.45, 7) is 6.43. The van der Waals surface area contributed by atoms with Crippen LogP contribution in [0.3, 0.4) is 0 Å². The molecule has 0 radical (unpaired) electrons. The second-order valence-corrected chi connectivity index (χ2v) is 12.5. The molecule has 0 N–H and O–H groups in total. The van der Waals surface area contributed by atoms with E-state index in [1.54, 1.807) is 0 Å². The minimum Gasteiger partial charge on any atom is -0.377 e. The van der Waals surface area contributed by atoms with Crippen molar-refractivity contribution in [2.75, 3.05) is 6.61 Å². The smallest absolute Gasteiger partial charge is 0.136 e. The molecule has 0 aliphatic heterocycles. The Bertz CT molecular complexity index is 787. The molecule has 8 unspecified atom stereocenters. The summed E-state index contributed by atoms with van der Waals surface area (Å²) in [6.07, 6.45) is 15.3. The molecular weight excluding hydrogens is 404 g/mol. The zero-order chi connectivity index (χ0) is 22.8. The molecule has 4 saturated carbocycles. The number of ketones is 1. The van der Waals surface area contributed by atoms with E-state index in [4.69, 9.17) is 4.74 Å². The van der Waals surface area contributed by atoms with Crippen LogP contribution in [0.1, 0.15) is 96.5 Å². The summed E-state index contributed by atoms with van der Waals surface area (Å²) < 4.78 is 5.83. The van der Waals surface area contributed by atoms with E-state index in [1.165, 1.54) is 63.4 Å². The summed E-state index contributed by atoms with van der Waals surface area (Å²) in [7, 11) is 0. The summed E-state index contributed by atoms with van der Waals surface area (Å²) >= 11 is 0. The van der Waals surface area contributed by atoms with E-state index < -0.39 is 0 Å². The van der Waals surface area contributed by atoms with Gasteiger partial charge >= 0.3 is 0 Å². The van der Waals surface area contributed by atoms with Crippen molar-refractivity contribution in [3.8, 4) is 0 Å². The molecule has 4 aliphatic carbocycles. The molecule has 1 aromatic rings. The molecular formula is C31H46O2. The van der Waals surface area contributed by atoms with Crippen molar-refractivity contribution < 1.29 is 9.53 Å². The molecule has 2 nitrogen and oxygen atoms in total. The molecule has 0 amide bonds. The third kappa shape index (κ3) is 4.84. The first-order valence-electron chi connectivity index (χ1n) is 14.2. The lowest BCUT2D eigenvalue weighted by molar-refractivity contribution is -0.130. The van der Waals surface area contributed by atoms with Crippen LogP contribution in [-0.2, 0) is 16.1 Å². The highest BCUT2D eigenvalue weighted by atomic mass is 16.5. The fourth-order valence-electron chi connectivity index (χ4n) is 9.06. The van der Waals surface area contributed by atoms with Crippen LogP contribution in [0.15, 0.2) is 30.3 Å². The Morgan fingerprint density at radius 1 is 0.939 bits per heavy atom. The number of fused-ring (bicyclic) bond motifs is 5. The van der Waals surface area contributed by atoms with E-state index in [2.05, 4.69) is 38.1 Å². The summed E-state index contributed by atoms with van der Waals surface area (Å²) in [4.78, 5) is 13.3. The molecule has 182 valence electrons. The Morgan fingerprint density at radius 2 is 1.76 bits per heavy atom. The van der Waals surface area contributed by atoms with Gasteiger partial charge in [-0.05, 0) is 111 Å². The molecule has 5 rings (SSSR count). The number of hydrogen-bond donors (Lipinski definition) is 0. The van der Waals surface area contributed by atoms with E-state index in [0.717, 1.165) is 61.4 Å². The number of rotatable bonds is 8. The van der Waals surface area contributed by atoms with Crippen molar-refractivity contribution in [1.29, 1.82) is 0 Å². The standard InChI is InChI=1S/C31H46O2/c1-22-11-13-25-24(20-22)12-14-27-26(25)17-18-31(2)28(27)15-16-29(31)30(32)10-6-7-19-33-21-23-8-4-3-5-9-23/h3-5,8-9,22,24-29H,6-7,10-21H2,1-2H3. The van der Waals surface area contributed by atoms with E-state index in [9.17, 15) is 4.79 Å². The third-order valence-corrected chi connectivity index (χ3v) is 10.7. The van der Waals surface area contributed by atoms with Crippen LogP contribution < -0.4 is 0 Å². The molecule has 33 heavy (non-hydrogen) atoms. The zero-order valence-electron chi connectivity index (χ0n) is 21.1. The number of Topliss-reactive ketones (excluding diaryl/α,β-unsaturated/α-hetero) is 1. The quantitative estimate of drug-likeness (QED) is 0.377. The van der Waals surface area contributed by atoms with Crippen LogP contribution in [0.25, 0.3) is 0 Å². The molecule has 0 bridgehead atoms. The van der Waals surface area contributed by atoms with Crippen LogP contribution >= 0.6 is 0 Å². The van der Waals surface area contributed by atoms with Gasteiger partial charge in [0.15, 0.2) is 0 Å². The van der Waals surface area contributed by atoms with Crippen LogP contribution in [0, 0.1) is 46.8 Å². The maximum atomic E-state index is 13.3. The van der Waals surface area contributed by atoms with Crippen LogP contribution in [0.4, 0.5) is 0 Å². The van der Waals surface area contributed by atoms with Crippen molar-refractivity contribution in [2.45, 2.75) is 97.5 Å². The van der Waals surface area contributed by atoms with Gasteiger partial charge in [-0.1, -0.05) is 50.6 Å². The number of unbranched alkanes of at least 4 members (excludes halogenated alkanes) is 1. The van der Waals surface area contributed by atoms with E-state index in [1.807, 2.05) is 6.07 Å². The van der Waals surface area contributed by atoms with Crippen molar-refractivity contribution >= 4 is 5.78 Å². The predicted molar refractivity (Wildman–Crippen MR) is 135 cm³/mol. The van der Waals surface area contributed by atoms with Gasteiger partial charge in [0, 0.05) is 18.9 Å². The van der Waals surface area contributed by atoms with Crippen molar-refractivity contribution in [3.05, 3.63) is 35.9 Å². The molecule has 0 spiro atoms. The number of ether oxygens (including phenoxy) is 1. The molecule has 0 aromatic heterocycles. The maximum Gasteiger partial charge on any atom is 0.136 e. The molecule has 1 aromatic carbocycles. The van der Waals surface area contributed by atoms with Gasteiger partial charge in [0.05, 0.1) is 6.61 Å². The van der Waals surface area contributed by atoms with Gasteiger partial charge in [0.2, 0.25) is 0 Å². The maximum absolute atomic E-state index is 13.3. The van der Waals surface area contributed by atoms with Crippen molar-refractivity contribution in [3.63, 3.8) is 0 Å². The first-order chi connectivity index (χ1) is 16.1. The molecule has 0 saturated heterocycles. The first-order valence-corrected chi connectivity index (χ1v) is 14.2. The van der Waals surface area contributed by atoms with Gasteiger partial charge in [0.1, 0.15) is 5.78 Å². The molecule has 2 heteroatoms. The van der Waals surface area contributed by atoms with Crippen molar-refractivity contribution in [2.24, 2.45) is 46.8 Å². The fourth-order valence-corrected chi connectivity index (χ4v) is 9.06. The van der Waals surface area contributed by atoms with E-state index >= 15 is 0 Å². The molecule has 4 fully saturated rings. The van der Waals surface area contributed by atoms with Crippen LogP contribution in [0.5, 0.6) is 0 Å². The molecule has 8 atom stereocenters. The predicted octanol–water partition coefficient (Wildman–Crippen LogP) is 7.85. The minimum absolute atomic E-state index is 0.289. The number of carbonyl (C=O) groups excluding carboxylic acids is 1. The summed E-state index contributed by atoms with van der Waals surface area (Å²) in [5, 5.41) is 0. The van der Waals surface area contributed by atoms with E-state index in [-0.39, 0.29) is 5.41 Å². The monoisotopic (exact) mass is 450 g/mol. The second-order valence-electron chi connectivity index (χ2n) is 12.5. The van der Waals surface area contributed by atoms with Gasteiger partial charge in [-0.25, -0.2) is 0 Å². The number of carbonyl (C=O) groups is 1. The minimum atomic E-state index is 0.289. The van der Waals surface area contributed by atoms with Gasteiger partial charge in [-0.3, -0.25) is 4.79 Å². The number of hydrogen-bond acceptors (Lipinski definition) is 2. The summed E-state index contributed by atoms with van der Waals surface area (Å²) in [5.74, 6) is 6.60. The second kappa shape index (κ2) is 10.2. The molecule has 4 aliphatic rings. The number of benzene rings is 1. The topological polar surface area (TPSA) is 26.3 Å². The Balaban J connectivity index is 1.10. The average molecular weight is 451 g/mol. The lowest BCUT2D eigenvalue weighted by atomic mass is 9.49.